The van der Waals surface area contributed by atoms with Crippen molar-refractivity contribution in [3.63, 3.8) is 0 Å². The highest BCUT2D eigenvalue weighted by molar-refractivity contribution is 7.87. The van der Waals surface area contributed by atoms with E-state index in [0.29, 0.717) is 19.5 Å². The minimum Gasteiger partial charge on any atom is -0.481 e. The Labute approximate surface area is 125 Å². The van der Waals surface area contributed by atoms with E-state index in [1.165, 1.54) is 9.87 Å². The molecule has 0 radical (unpaired) electrons. The molecule has 2 rings (SSSR count). The molecule has 0 spiro atoms. The van der Waals surface area contributed by atoms with Crippen molar-refractivity contribution in [3.05, 3.63) is 35.4 Å². The molecule has 7 heteroatoms. The fourth-order valence-electron chi connectivity index (χ4n) is 2.38. The maximum atomic E-state index is 12.3. The van der Waals surface area contributed by atoms with Crippen LogP contribution in [-0.2, 0) is 28.0 Å². The molecule has 21 heavy (non-hydrogen) atoms. The van der Waals surface area contributed by atoms with Crippen molar-refractivity contribution < 1.29 is 18.3 Å². The molecule has 116 valence electrons. The maximum absolute atomic E-state index is 12.3. The van der Waals surface area contributed by atoms with Crippen LogP contribution in [0.1, 0.15) is 24.5 Å². The number of hydrogen-bond acceptors (Lipinski definition) is 3. The summed E-state index contributed by atoms with van der Waals surface area (Å²) in [6.45, 7) is 2.65. The van der Waals surface area contributed by atoms with Gasteiger partial charge in [-0.2, -0.15) is 12.7 Å². The average Bonchev–Trinajstić information content (AvgIpc) is 2.44. The molecule has 6 nitrogen and oxygen atoms in total. The van der Waals surface area contributed by atoms with Crippen molar-refractivity contribution in [2.45, 2.75) is 26.3 Å². The van der Waals surface area contributed by atoms with E-state index in [-0.39, 0.29) is 18.9 Å². The molecule has 0 aliphatic carbocycles. The van der Waals surface area contributed by atoms with E-state index in [1.807, 2.05) is 24.3 Å². The predicted molar refractivity (Wildman–Crippen MR) is 78.9 cm³/mol. The van der Waals surface area contributed by atoms with Crippen LogP contribution in [0.15, 0.2) is 24.3 Å². The van der Waals surface area contributed by atoms with Crippen molar-refractivity contribution in [2.24, 2.45) is 5.92 Å². The van der Waals surface area contributed by atoms with Crippen LogP contribution in [0.3, 0.4) is 0 Å². The molecule has 0 amide bonds. The number of rotatable bonds is 6. The number of benzene rings is 1. The SMILES string of the molecule is CC(CNS(=O)(=O)N1CCc2ccccc2C1)CC(=O)O. The van der Waals surface area contributed by atoms with Gasteiger partial charge in [-0.15, -0.1) is 0 Å². The Hall–Kier alpha value is -1.44. The molecule has 0 saturated carbocycles. The van der Waals surface area contributed by atoms with Crippen molar-refractivity contribution in [3.8, 4) is 0 Å². The fraction of sp³-hybridized carbons (Fsp3) is 0.500. The largest absolute Gasteiger partial charge is 0.481 e. The molecule has 0 saturated heterocycles. The number of nitrogens with zero attached hydrogens (tertiary/aromatic N) is 1. The summed E-state index contributed by atoms with van der Waals surface area (Å²) in [5.74, 6) is -1.16. The van der Waals surface area contributed by atoms with Gasteiger partial charge in [0.2, 0.25) is 0 Å². The van der Waals surface area contributed by atoms with Gasteiger partial charge in [0.05, 0.1) is 0 Å². The third-order valence-corrected chi connectivity index (χ3v) is 5.10. The molecular weight excluding hydrogens is 292 g/mol. The molecule has 2 N–H and O–H groups in total. The molecule has 1 aliphatic rings. The minimum atomic E-state index is -3.57. The van der Waals surface area contributed by atoms with Gasteiger partial charge in [0.15, 0.2) is 0 Å². The zero-order valence-corrected chi connectivity index (χ0v) is 12.8. The van der Waals surface area contributed by atoms with Crippen LogP contribution in [0, 0.1) is 5.92 Å². The van der Waals surface area contributed by atoms with Crippen LogP contribution < -0.4 is 4.72 Å². The second kappa shape index (κ2) is 6.55. The van der Waals surface area contributed by atoms with Crippen LogP contribution >= 0.6 is 0 Å². The Morgan fingerprint density at radius 2 is 2.05 bits per heavy atom. The van der Waals surface area contributed by atoms with E-state index < -0.39 is 16.2 Å². The van der Waals surface area contributed by atoms with E-state index in [9.17, 15) is 13.2 Å². The molecule has 1 aromatic rings. The lowest BCUT2D eigenvalue weighted by atomic mass is 10.0. The van der Waals surface area contributed by atoms with Gasteiger partial charge in [-0.3, -0.25) is 4.79 Å². The fourth-order valence-corrected chi connectivity index (χ4v) is 3.70. The van der Waals surface area contributed by atoms with E-state index in [1.54, 1.807) is 6.92 Å². The van der Waals surface area contributed by atoms with Crippen molar-refractivity contribution in [1.29, 1.82) is 0 Å². The van der Waals surface area contributed by atoms with Crippen LogP contribution in [-0.4, -0.2) is 36.9 Å². The van der Waals surface area contributed by atoms with E-state index in [2.05, 4.69) is 4.72 Å². The van der Waals surface area contributed by atoms with Gasteiger partial charge < -0.3 is 5.11 Å². The molecular formula is C14H20N2O4S. The second-order valence-electron chi connectivity index (χ2n) is 5.41. The normalized spacial score (nSPS) is 17.2. The first-order valence-electron chi connectivity index (χ1n) is 6.92. The van der Waals surface area contributed by atoms with Gasteiger partial charge in [0.1, 0.15) is 0 Å². The predicted octanol–water partition coefficient (Wildman–Crippen LogP) is 0.990. The third kappa shape index (κ3) is 4.26. The van der Waals surface area contributed by atoms with Crippen molar-refractivity contribution >= 4 is 16.2 Å². The minimum absolute atomic E-state index is 0.0502. The lowest BCUT2D eigenvalue weighted by Crippen LogP contribution is -2.44. The molecule has 1 heterocycles. The molecule has 0 bridgehead atoms. The number of nitrogens with one attached hydrogen (secondary N) is 1. The van der Waals surface area contributed by atoms with Gasteiger partial charge in [-0.1, -0.05) is 31.2 Å². The number of carboxylic acids is 1. The number of carbonyl (C=O) groups is 1. The Balaban J connectivity index is 1.96. The Kier molecular flexibility index (Phi) is 4.97. The lowest BCUT2D eigenvalue weighted by Gasteiger charge is -2.28. The number of fused-ring (bicyclic) bond motifs is 1. The number of aliphatic carboxylic acids is 1. The van der Waals surface area contributed by atoms with Crippen molar-refractivity contribution in [2.75, 3.05) is 13.1 Å². The monoisotopic (exact) mass is 312 g/mol. The highest BCUT2D eigenvalue weighted by atomic mass is 32.2. The third-order valence-electron chi connectivity index (χ3n) is 3.57. The first kappa shape index (κ1) is 15.9. The van der Waals surface area contributed by atoms with Crippen molar-refractivity contribution in [1.82, 2.24) is 9.03 Å². The summed E-state index contributed by atoms with van der Waals surface area (Å²) in [5, 5.41) is 8.68. The highest BCUT2D eigenvalue weighted by Gasteiger charge is 2.26. The summed E-state index contributed by atoms with van der Waals surface area (Å²) >= 11 is 0. The topological polar surface area (TPSA) is 86.7 Å². The van der Waals surface area contributed by atoms with E-state index >= 15 is 0 Å². The Morgan fingerprint density at radius 3 is 2.71 bits per heavy atom. The number of hydrogen-bond donors (Lipinski definition) is 2. The molecule has 1 aromatic carbocycles. The van der Waals surface area contributed by atoms with Gasteiger partial charge in [0, 0.05) is 26.1 Å². The second-order valence-corrected chi connectivity index (χ2v) is 7.16. The van der Waals surface area contributed by atoms with Gasteiger partial charge in [-0.25, -0.2) is 4.72 Å². The zero-order valence-electron chi connectivity index (χ0n) is 11.9. The van der Waals surface area contributed by atoms with Crippen LogP contribution in [0.4, 0.5) is 0 Å². The zero-order chi connectivity index (χ0) is 15.5. The first-order valence-corrected chi connectivity index (χ1v) is 8.36. The quantitative estimate of drug-likeness (QED) is 0.820. The molecule has 0 aromatic heterocycles. The van der Waals surface area contributed by atoms with Gasteiger partial charge >= 0.3 is 5.97 Å². The average molecular weight is 312 g/mol. The summed E-state index contributed by atoms with van der Waals surface area (Å²) in [6.07, 6.45) is 0.646. The Bertz CT molecular complexity index is 615. The molecule has 1 unspecified atom stereocenters. The number of carboxylic acid groups (broad SMARTS) is 1. The molecule has 0 fully saturated rings. The summed E-state index contributed by atoms with van der Waals surface area (Å²) in [5.41, 5.74) is 2.20. The van der Waals surface area contributed by atoms with E-state index in [0.717, 1.165) is 5.56 Å². The molecule has 1 atom stereocenters. The standard InChI is InChI=1S/C14H20N2O4S/c1-11(8-14(17)18)9-15-21(19,20)16-7-6-12-4-2-3-5-13(12)10-16/h2-5,11,15H,6-10H2,1H3,(H,17,18). The van der Waals surface area contributed by atoms with Crippen LogP contribution in [0.5, 0.6) is 0 Å². The van der Waals surface area contributed by atoms with Gasteiger partial charge in [-0.05, 0) is 23.5 Å². The van der Waals surface area contributed by atoms with E-state index in [4.69, 9.17) is 5.11 Å². The lowest BCUT2D eigenvalue weighted by molar-refractivity contribution is -0.137. The first-order chi connectivity index (χ1) is 9.88. The highest BCUT2D eigenvalue weighted by Crippen LogP contribution is 2.20. The summed E-state index contributed by atoms with van der Waals surface area (Å²) < 4.78 is 28.4. The van der Waals surface area contributed by atoms with Crippen LogP contribution in [0.2, 0.25) is 0 Å². The molecule has 1 aliphatic heterocycles. The van der Waals surface area contributed by atoms with Gasteiger partial charge in [0.25, 0.3) is 10.2 Å². The summed E-state index contributed by atoms with van der Waals surface area (Å²) in [4.78, 5) is 10.6. The summed E-state index contributed by atoms with van der Waals surface area (Å²) in [7, 11) is -3.57. The maximum Gasteiger partial charge on any atom is 0.303 e. The summed E-state index contributed by atoms with van der Waals surface area (Å²) in [6, 6.07) is 7.80. The van der Waals surface area contributed by atoms with Crippen LogP contribution in [0.25, 0.3) is 0 Å². The Morgan fingerprint density at radius 1 is 1.38 bits per heavy atom. The smallest absolute Gasteiger partial charge is 0.303 e.